The van der Waals surface area contributed by atoms with E-state index >= 15 is 0 Å². The molecule has 0 radical (unpaired) electrons. The topological polar surface area (TPSA) is 69.6 Å². The number of nitrogens with one attached hydrogen (secondary N) is 1. The molecular formula is C12H12BrFN2O3. The van der Waals surface area contributed by atoms with Crippen molar-refractivity contribution in [3.8, 4) is 0 Å². The van der Waals surface area contributed by atoms with E-state index in [-0.39, 0.29) is 0 Å². The van der Waals surface area contributed by atoms with Crippen LogP contribution in [0.5, 0.6) is 0 Å². The number of aliphatic carboxylic acids is 1. The van der Waals surface area contributed by atoms with Crippen molar-refractivity contribution in [2.75, 3.05) is 11.9 Å². The van der Waals surface area contributed by atoms with Crippen LogP contribution in [0.25, 0.3) is 0 Å². The van der Waals surface area contributed by atoms with E-state index in [0.717, 1.165) is 0 Å². The lowest BCUT2D eigenvalue weighted by Gasteiger charge is -2.22. The van der Waals surface area contributed by atoms with Crippen molar-refractivity contribution in [3.05, 3.63) is 28.5 Å². The maximum atomic E-state index is 12.9. The van der Waals surface area contributed by atoms with Crippen molar-refractivity contribution in [2.45, 2.75) is 18.9 Å². The molecule has 0 aromatic heterocycles. The summed E-state index contributed by atoms with van der Waals surface area (Å²) in [6.45, 7) is 0.404. The van der Waals surface area contributed by atoms with Gasteiger partial charge in [0.25, 0.3) is 0 Å². The second-order valence-corrected chi connectivity index (χ2v) is 5.10. The summed E-state index contributed by atoms with van der Waals surface area (Å²) in [6, 6.07) is 2.59. The van der Waals surface area contributed by atoms with E-state index in [1.165, 1.54) is 23.1 Å². The third kappa shape index (κ3) is 3.04. The molecule has 2 N–H and O–H groups in total. The Bertz CT molecular complexity index is 524. The molecule has 1 fully saturated rings. The number of carbonyl (C=O) groups excluding carboxylic acids is 1. The zero-order valence-corrected chi connectivity index (χ0v) is 11.5. The van der Waals surface area contributed by atoms with Crippen LogP contribution in [-0.4, -0.2) is 34.6 Å². The molecule has 1 aliphatic heterocycles. The first-order valence-electron chi connectivity index (χ1n) is 5.74. The highest BCUT2D eigenvalue weighted by molar-refractivity contribution is 9.10. The van der Waals surface area contributed by atoms with Gasteiger partial charge in [-0.15, -0.1) is 0 Å². The monoisotopic (exact) mass is 330 g/mol. The van der Waals surface area contributed by atoms with E-state index < -0.39 is 23.9 Å². The predicted octanol–water partition coefficient (Wildman–Crippen LogP) is 2.67. The number of halogens is 2. The molecule has 0 aliphatic carbocycles. The van der Waals surface area contributed by atoms with E-state index in [0.29, 0.717) is 29.5 Å². The van der Waals surface area contributed by atoms with Crippen LogP contribution < -0.4 is 5.32 Å². The van der Waals surface area contributed by atoms with Gasteiger partial charge in [-0.3, -0.25) is 0 Å². The van der Waals surface area contributed by atoms with Crippen LogP contribution in [0.15, 0.2) is 22.7 Å². The minimum Gasteiger partial charge on any atom is -0.480 e. The van der Waals surface area contributed by atoms with Crippen LogP contribution in [0.1, 0.15) is 12.8 Å². The molecule has 1 atom stereocenters. The van der Waals surface area contributed by atoms with E-state index in [1.807, 2.05) is 0 Å². The van der Waals surface area contributed by atoms with Crippen LogP contribution >= 0.6 is 15.9 Å². The molecule has 19 heavy (non-hydrogen) atoms. The maximum Gasteiger partial charge on any atom is 0.326 e. The number of hydrogen-bond acceptors (Lipinski definition) is 2. The minimum absolute atomic E-state index is 0.404. The van der Waals surface area contributed by atoms with Crippen LogP contribution in [-0.2, 0) is 4.79 Å². The Morgan fingerprint density at radius 2 is 2.21 bits per heavy atom. The number of carboxylic acid groups (broad SMARTS) is 1. The Kier molecular flexibility index (Phi) is 4.04. The third-order valence-corrected chi connectivity index (χ3v) is 3.63. The zero-order valence-electron chi connectivity index (χ0n) is 9.90. The molecule has 102 valence electrons. The fraction of sp³-hybridized carbons (Fsp3) is 0.333. The summed E-state index contributed by atoms with van der Waals surface area (Å²) in [6.07, 6.45) is 1.11. The van der Waals surface area contributed by atoms with E-state index in [4.69, 9.17) is 5.11 Å². The molecule has 2 amide bonds. The number of nitrogens with zero attached hydrogens (tertiary/aromatic N) is 1. The summed E-state index contributed by atoms with van der Waals surface area (Å²) in [7, 11) is 0. The predicted molar refractivity (Wildman–Crippen MR) is 70.5 cm³/mol. The van der Waals surface area contributed by atoms with Gasteiger partial charge in [0.2, 0.25) is 0 Å². The Hall–Kier alpha value is -1.63. The summed E-state index contributed by atoms with van der Waals surface area (Å²) in [5.74, 6) is -1.43. The van der Waals surface area contributed by atoms with E-state index in [2.05, 4.69) is 21.2 Å². The van der Waals surface area contributed by atoms with Gasteiger partial charge in [-0.05, 0) is 47.0 Å². The second-order valence-electron chi connectivity index (χ2n) is 4.24. The minimum atomic E-state index is -1.01. The van der Waals surface area contributed by atoms with Crippen molar-refractivity contribution in [2.24, 2.45) is 0 Å². The lowest BCUT2D eigenvalue weighted by Crippen LogP contribution is -2.42. The average Bonchev–Trinajstić information content (AvgIpc) is 2.82. The largest absolute Gasteiger partial charge is 0.480 e. The van der Waals surface area contributed by atoms with E-state index in [9.17, 15) is 14.0 Å². The van der Waals surface area contributed by atoms with Gasteiger partial charge in [0.15, 0.2) is 0 Å². The summed E-state index contributed by atoms with van der Waals surface area (Å²) in [4.78, 5) is 24.3. The third-order valence-electron chi connectivity index (χ3n) is 2.97. The molecule has 1 heterocycles. The Balaban J connectivity index is 2.10. The first kappa shape index (κ1) is 13.8. The Morgan fingerprint density at radius 1 is 1.47 bits per heavy atom. The van der Waals surface area contributed by atoms with Gasteiger partial charge < -0.3 is 15.3 Å². The van der Waals surface area contributed by atoms with Gasteiger partial charge in [-0.1, -0.05) is 0 Å². The SMILES string of the molecule is O=C(O)[C@H]1CCCN1C(=O)Nc1ccc(F)cc1Br. The first-order chi connectivity index (χ1) is 8.99. The summed E-state index contributed by atoms with van der Waals surface area (Å²) < 4.78 is 13.3. The van der Waals surface area contributed by atoms with Gasteiger partial charge in [0.05, 0.1) is 5.69 Å². The number of anilines is 1. The molecule has 1 aliphatic rings. The number of likely N-dealkylation sites (tertiary alicyclic amines) is 1. The molecule has 1 aromatic rings. The summed E-state index contributed by atoms with van der Waals surface area (Å²) in [5, 5.41) is 11.6. The fourth-order valence-electron chi connectivity index (χ4n) is 2.04. The first-order valence-corrected chi connectivity index (χ1v) is 6.54. The molecule has 0 bridgehead atoms. The van der Waals surface area contributed by atoms with E-state index in [1.54, 1.807) is 0 Å². The molecular weight excluding hydrogens is 319 g/mol. The maximum absolute atomic E-state index is 12.9. The number of carbonyl (C=O) groups is 2. The number of hydrogen-bond donors (Lipinski definition) is 2. The summed E-state index contributed by atoms with van der Waals surface area (Å²) >= 11 is 3.14. The number of amides is 2. The highest BCUT2D eigenvalue weighted by Gasteiger charge is 2.34. The quantitative estimate of drug-likeness (QED) is 0.875. The lowest BCUT2D eigenvalue weighted by molar-refractivity contribution is -0.141. The molecule has 7 heteroatoms. The average molecular weight is 331 g/mol. The van der Waals surface area contributed by atoms with Crippen molar-refractivity contribution < 1.29 is 19.1 Å². The van der Waals surface area contributed by atoms with Gasteiger partial charge >= 0.3 is 12.0 Å². The smallest absolute Gasteiger partial charge is 0.326 e. The molecule has 2 rings (SSSR count). The molecule has 0 spiro atoms. The van der Waals surface area contributed by atoms with Crippen LogP contribution in [0.2, 0.25) is 0 Å². The van der Waals surface area contributed by atoms with Crippen molar-refractivity contribution in [1.29, 1.82) is 0 Å². The lowest BCUT2D eigenvalue weighted by atomic mass is 10.2. The van der Waals surface area contributed by atoms with Crippen LogP contribution in [0, 0.1) is 5.82 Å². The van der Waals surface area contributed by atoms with Gasteiger partial charge in [-0.2, -0.15) is 0 Å². The highest BCUT2D eigenvalue weighted by atomic mass is 79.9. The molecule has 1 aromatic carbocycles. The molecule has 1 saturated heterocycles. The van der Waals surface area contributed by atoms with Gasteiger partial charge in [-0.25, -0.2) is 14.0 Å². The molecule has 0 unspecified atom stereocenters. The second kappa shape index (κ2) is 5.56. The molecule has 0 saturated carbocycles. The normalized spacial score (nSPS) is 18.4. The number of carboxylic acids is 1. The Labute approximate surface area is 117 Å². The van der Waals surface area contributed by atoms with Crippen LogP contribution in [0.4, 0.5) is 14.9 Å². The number of urea groups is 1. The zero-order chi connectivity index (χ0) is 14.0. The van der Waals surface area contributed by atoms with Crippen LogP contribution in [0.3, 0.4) is 0 Å². The van der Waals surface area contributed by atoms with Crippen molar-refractivity contribution >= 4 is 33.6 Å². The van der Waals surface area contributed by atoms with Crippen molar-refractivity contribution in [3.63, 3.8) is 0 Å². The van der Waals surface area contributed by atoms with Gasteiger partial charge in [0.1, 0.15) is 11.9 Å². The number of rotatable bonds is 2. The fourth-order valence-corrected chi connectivity index (χ4v) is 2.49. The van der Waals surface area contributed by atoms with Crippen molar-refractivity contribution in [1.82, 2.24) is 4.90 Å². The summed E-state index contributed by atoms with van der Waals surface area (Å²) in [5.41, 5.74) is 0.405. The Morgan fingerprint density at radius 3 is 2.84 bits per heavy atom. The molecule has 5 nitrogen and oxygen atoms in total. The standard InChI is InChI=1S/C12H12BrFN2O3/c13-8-6-7(14)3-4-9(8)15-12(19)16-5-1-2-10(16)11(17)18/h3-4,6,10H,1-2,5H2,(H,15,19)(H,17,18)/t10-/m1/s1. The number of benzene rings is 1. The highest BCUT2D eigenvalue weighted by Crippen LogP contribution is 2.25. The van der Waals surface area contributed by atoms with Gasteiger partial charge in [0, 0.05) is 11.0 Å².